The number of hydrogen-bond acceptors (Lipinski definition) is 1. The molecule has 2 atom stereocenters. The number of nitrogens with one attached hydrogen (secondary N) is 1. The smallest absolute Gasteiger partial charge is 0.228 e. The molecule has 1 amide bonds. The van der Waals surface area contributed by atoms with Crippen molar-refractivity contribution in [2.75, 3.05) is 5.32 Å². The van der Waals surface area contributed by atoms with Gasteiger partial charge in [0.1, 0.15) is 0 Å². The number of carbonyl (C=O) groups is 1. The first kappa shape index (κ1) is 17.6. The topological polar surface area (TPSA) is 29.1 Å². The Bertz CT molecular complexity index is 609. The molecule has 1 aromatic carbocycles. The van der Waals surface area contributed by atoms with Crippen molar-refractivity contribution in [3.63, 3.8) is 0 Å². The number of para-hydroxylation sites is 1. The Kier molecular flexibility index (Phi) is 6.02. The maximum Gasteiger partial charge on any atom is 0.228 e. The summed E-state index contributed by atoms with van der Waals surface area (Å²) in [5.41, 5.74) is 0.535. The third-order valence-electron chi connectivity index (χ3n) is 5.01. The summed E-state index contributed by atoms with van der Waals surface area (Å²) in [6, 6.07) is 5.27. The van der Waals surface area contributed by atoms with E-state index in [1.807, 2.05) is 0 Å². The van der Waals surface area contributed by atoms with Crippen LogP contribution in [0.15, 0.2) is 42.5 Å². The standard InChI is InChI=1S/C20H23Cl2NO/c21-16-12-9-13-17(22)19(16)23-20(24)18-14-10-7-5-3-1-2-4-6-8-11-15(14)18/h3-6,9,12-15,18H,1-2,7-8,10-11H2,(H,23,24)/b5-3-,6-4-. The highest BCUT2D eigenvalue weighted by Crippen LogP contribution is 2.53. The molecule has 128 valence electrons. The van der Waals surface area contributed by atoms with Gasteiger partial charge in [0.15, 0.2) is 0 Å². The monoisotopic (exact) mass is 363 g/mol. The van der Waals surface area contributed by atoms with E-state index in [1.54, 1.807) is 18.2 Å². The maximum atomic E-state index is 12.7. The number of anilines is 1. The van der Waals surface area contributed by atoms with Crippen molar-refractivity contribution in [3.05, 3.63) is 52.5 Å². The van der Waals surface area contributed by atoms with Crippen molar-refractivity contribution in [1.29, 1.82) is 0 Å². The van der Waals surface area contributed by atoms with E-state index >= 15 is 0 Å². The van der Waals surface area contributed by atoms with E-state index in [-0.39, 0.29) is 11.8 Å². The molecule has 24 heavy (non-hydrogen) atoms. The predicted molar refractivity (Wildman–Crippen MR) is 102 cm³/mol. The number of benzene rings is 1. The summed E-state index contributed by atoms with van der Waals surface area (Å²) in [6.07, 6.45) is 15.5. The van der Waals surface area contributed by atoms with Gasteiger partial charge in [-0.2, -0.15) is 0 Å². The molecule has 0 spiro atoms. The van der Waals surface area contributed by atoms with Crippen LogP contribution in [-0.2, 0) is 4.79 Å². The fraction of sp³-hybridized carbons (Fsp3) is 0.450. The lowest BCUT2D eigenvalue weighted by atomic mass is 10.1. The zero-order valence-electron chi connectivity index (χ0n) is 13.7. The molecule has 1 fully saturated rings. The molecule has 0 saturated heterocycles. The number of rotatable bonds is 2. The second-order valence-corrected chi connectivity index (χ2v) is 7.43. The van der Waals surface area contributed by atoms with Crippen LogP contribution < -0.4 is 5.32 Å². The summed E-state index contributed by atoms with van der Waals surface area (Å²) in [5.74, 6) is 1.09. The van der Waals surface area contributed by atoms with Gasteiger partial charge in [0, 0.05) is 5.92 Å². The molecule has 2 aliphatic rings. The minimum absolute atomic E-state index is 0.0582. The first-order valence-corrected chi connectivity index (χ1v) is 9.49. The molecule has 1 aromatic rings. The Labute approximate surface area is 153 Å². The van der Waals surface area contributed by atoms with E-state index in [0.29, 0.717) is 27.6 Å². The van der Waals surface area contributed by atoms with Gasteiger partial charge in [0.25, 0.3) is 0 Å². The molecule has 2 aliphatic carbocycles. The molecule has 0 aromatic heterocycles. The van der Waals surface area contributed by atoms with Crippen LogP contribution in [0, 0.1) is 17.8 Å². The zero-order chi connectivity index (χ0) is 16.9. The van der Waals surface area contributed by atoms with Crippen LogP contribution in [0.2, 0.25) is 10.0 Å². The largest absolute Gasteiger partial charge is 0.323 e. The van der Waals surface area contributed by atoms with Gasteiger partial charge in [0.05, 0.1) is 15.7 Å². The first-order valence-electron chi connectivity index (χ1n) is 8.73. The summed E-state index contributed by atoms with van der Waals surface area (Å²) < 4.78 is 0. The average molecular weight is 364 g/mol. The van der Waals surface area contributed by atoms with Crippen molar-refractivity contribution in [2.24, 2.45) is 17.8 Å². The summed E-state index contributed by atoms with van der Waals surface area (Å²) in [7, 11) is 0. The lowest BCUT2D eigenvalue weighted by molar-refractivity contribution is -0.117. The minimum Gasteiger partial charge on any atom is -0.323 e. The van der Waals surface area contributed by atoms with Crippen molar-refractivity contribution >= 4 is 34.8 Å². The molecular weight excluding hydrogens is 341 g/mol. The van der Waals surface area contributed by atoms with E-state index in [1.165, 1.54) is 0 Å². The molecular formula is C20H23Cl2NO. The number of allylic oxidation sites excluding steroid dienone is 4. The predicted octanol–water partition coefficient (Wildman–Crippen LogP) is 6.26. The minimum atomic E-state index is 0.0582. The third-order valence-corrected chi connectivity index (χ3v) is 5.64. The van der Waals surface area contributed by atoms with E-state index in [2.05, 4.69) is 29.6 Å². The lowest BCUT2D eigenvalue weighted by Crippen LogP contribution is -2.16. The SMILES string of the molecule is O=C(Nc1c(Cl)cccc1Cl)C1C2CC/C=C\CC/C=C\CCC21. The van der Waals surface area contributed by atoms with Crippen molar-refractivity contribution in [1.82, 2.24) is 0 Å². The number of halogens is 2. The third kappa shape index (κ3) is 4.23. The highest BCUT2D eigenvalue weighted by molar-refractivity contribution is 6.39. The second-order valence-electron chi connectivity index (χ2n) is 6.61. The molecule has 0 bridgehead atoms. The van der Waals surface area contributed by atoms with E-state index < -0.39 is 0 Å². The van der Waals surface area contributed by atoms with Crippen LogP contribution in [0.4, 0.5) is 5.69 Å². The van der Waals surface area contributed by atoms with Gasteiger partial charge in [-0.25, -0.2) is 0 Å². The normalized spacial score (nSPS) is 29.5. The summed E-state index contributed by atoms with van der Waals surface area (Å²) in [6.45, 7) is 0. The van der Waals surface area contributed by atoms with Gasteiger partial charge < -0.3 is 5.32 Å². The fourth-order valence-corrected chi connectivity index (χ4v) is 4.18. The number of fused-ring (bicyclic) bond motifs is 1. The van der Waals surface area contributed by atoms with Gasteiger partial charge in [-0.15, -0.1) is 0 Å². The van der Waals surface area contributed by atoms with Crippen LogP contribution in [0.3, 0.4) is 0 Å². The van der Waals surface area contributed by atoms with Crippen molar-refractivity contribution in [3.8, 4) is 0 Å². The molecule has 1 N–H and O–H groups in total. The van der Waals surface area contributed by atoms with Crippen LogP contribution in [0.25, 0.3) is 0 Å². The quantitative estimate of drug-likeness (QED) is 0.617. The zero-order valence-corrected chi connectivity index (χ0v) is 15.2. The van der Waals surface area contributed by atoms with Gasteiger partial charge in [-0.3, -0.25) is 4.79 Å². The Morgan fingerprint density at radius 2 is 1.38 bits per heavy atom. The Balaban J connectivity index is 1.66. The molecule has 2 unspecified atom stereocenters. The Morgan fingerprint density at radius 1 is 0.875 bits per heavy atom. The molecule has 3 rings (SSSR count). The summed E-state index contributed by atoms with van der Waals surface area (Å²) in [5, 5.41) is 3.93. The molecule has 1 saturated carbocycles. The van der Waals surface area contributed by atoms with Gasteiger partial charge in [0.2, 0.25) is 5.91 Å². The maximum absolute atomic E-state index is 12.7. The van der Waals surface area contributed by atoms with Gasteiger partial charge >= 0.3 is 0 Å². The van der Waals surface area contributed by atoms with E-state index in [0.717, 1.165) is 38.5 Å². The fourth-order valence-electron chi connectivity index (χ4n) is 3.69. The van der Waals surface area contributed by atoms with Crippen LogP contribution in [0.5, 0.6) is 0 Å². The van der Waals surface area contributed by atoms with E-state index in [9.17, 15) is 4.79 Å². The Morgan fingerprint density at radius 3 is 1.92 bits per heavy atom. The summed E-state index contributed by atoms with van der Waals surface area (Å²) in [4.78, 5) is 12.7. The number of hydrogen-bond donors (Lipinski definition) is 1. The van der Waals surface area contributed by atoms with Crippen LogP contribution in [0.1, 0.15) is 38.5 Å². The van der Waals surface area contributed by atoms with Gasteiger partial charge in [-0.05, 0) is 62.5 Å². The number of amides is 1. The van der Waals surface area contributed by atoms with Crippen molar-refractivity contribution < 1.29 is 4.79 Å². The second kappa shape index (κ2) is 8.22. The highest BCUT2D eigenvalue weighted by Gasteiger charge is 2.52. The molecule has 0 heterocycles. The lowest BCUT2D eigenvalue weighted by Gasteiger charge is -2.09. The summed E-state index contributed by atoms with van der Waals surface area (Å²) >= 11 is 12.3. The van der Waals surface area contributed by atoms with Crippen LogP contribution >= 0.6 is 23.2 Å². The highest BCUT2D eigenvalue weighted by atomic mass is 35.5. The molecule has 0 radical (unpaired) electrons. The first-order chi connectivity index (χ1) is 11.7. The van der Waals surface area contributed by atoms with Gasteiger partial charge in [-0.1, -0.05) is 53.6 Å². The van der Waals surface area contributed by atoms with Crippen LogP contribution in [-0.4, -0.2) is 5.91 Å². The van der Waals surface area contributed by atoms with Crippen molar-refractivity contribution in [2.45, 2.75) is 38.5 Å². The molecule has 2 nitrogen and oxygen atoms in total. The van der Waals surface area contributed by atoms with E-state index in [4.69, 9.17) is 23.2 Å². The molecule has 0 aliphatic heterocycles. The molecule has 4 heteroatoms. The average Bonchev–Trinajstić information content (AvgIpc) is 3.23. The number of carbonyl (C=O) groups excluding carboxylic acids is 1. The Hall–Kier alpha value is -1.25.